The van der Waals surface area contributed by atoms with Crippen LogP contribution in [0.3, 0.4) is 0 Å². The number of methoxy groups -OCH3 is 1. The topological polar surface area (TPSA) is 39.1 Å². The molecule has 1 atom stereocenters. The number of aryl methyl sites for hydroxylation is 1. The molecule has 6 heteroatoms. The molecule has 0 amide bonds. The highest BCUT2D eigenvalue weighted by Gasteiger charge is 2.22. The Morgan fingerprint density at radius 3 is 2.54 bits per heavy atom. The molecule has 1 unspecified atom stereocenters. The first-order valence-electron chi connectivity index (χ1n) is 7.42. The summed E-state index contributed by atoms with van der Waals surface area (Å²) in [5.41, 5.74) is 0.633. The van der Waals surface area contributed by atoms with Gasteiger partial charge in [0.15, 0.2) is 0 Å². The van der Waals surface area contributed by atoms with Crippen molar-refractivity contribution in [1.82, 2.24) is 9.55 Å². The van der Waals surface area contributed by atoms with E-state index in [1.807, 2.05) is 7.05 Å². The number of imidazole rings is 1. The average Bonchev–Trinajstić information content (AvgIpc) is 3.00. The van der Waals surface area contributed by atoms with Crippen LogP contribution in [0.15, 0.2) is 54.9 Å². The second-order valence-electron chi connectivity index (χ2n) is 5.34. The van der Waals surface area contributed by atoms with Crippen molar-refractivity contribution in [2.75, 3.05) is 12.4 Å². The summed E-state index contributed by atoms with van der Waals surface area (Å²) in [6.45, 7) is 0. The summed E-state index contributed by atoms with van der Waals surface area (Å²) in [5.74, 6) is 0.129. The number of aromatic nitrogens is 2. The first-order chi connectivity index (χ1) is 11.6. The number of anilines is 1. The van der Waals surface area contributed by atoms with Gasteiger partial charge in [0.1, 0.15) is 29.3 Å². The molecule has 0 aliphatic rings. The summed E-state index contributed by atoms with van der Waals surface area (Å²) in [5, 5.41) is 3.05. The summed E-state index contributed by atoms with van der Waals surface area (Å²) < 4.78 is 35.4. The summed E-state index contributed by atoms with van der Waals surface area (Å²) in [4.78, 5) is 4.28. The van der Waals surface area contributed by atoms with Crippen LogP contribution >= 0.6 is 0 Å². The third-order valence-corrected chi connectivity index (χ3v) is 3.81. The fourth-order valence-electron chi connectivity index (χ4n) is 2.54. The van der Waals surface area contributed by atoms with Gasteiger partial charge in [-0.3, -0.25) is 0 Å². The number of benzene rings is 2. The van der Waals surface area contributed by atoms with Crippen LogP contribution < -0.4 is 10.1 Å². The molecule has 1 N–H and O–H groups in total. The van der Waals surface area contributed by atoms with Gasteiger partial charge in [-0.05, 0) is 18.2 Å². The van der Waals surface area contributed by atoms with E-state index in [4.69, 9.17) is 4.74 Å². The standard InChI is InChI=1S/C18H17F2N3O/c1-23-10-9-21-18(23)17(13-5-3-4-6-14(13)19)22-16-8-7-12(24-2)11-15(16)20/h3-11,17,22H,1-2H3. The van der Waals surface area contributed by atoms with Crippen LogP contribution in [0.25, 0.3) is 0 Å². The van der Waals surface area contributed by atoms with Gasteiger partial charge in [0.05, 0.1) is 12.8 Å². The highest BCUT2D eigenvalue weighted by atomic mass is 19.1. The maximum Gasteiger partial charge on any atom is 0.149 e. The predicted octanol–water partition coefficient (Wildman–Crippen LogP) is 3.91. The van der Waals surface area contributed by atoms with Gasteiger partial charge in [0.2, 0.25) is 0 Å². The summed E-state index contributed by atoms with van der Waals surface area (Å²) in [7, 11) is 3.28. The highest BCUT2D eigenvalue weighted by Crippen LogP contribution is 2.29. The molecule has 0 saturated heterocycles. The fourth-order valence-corrected chi connectivity index (χ4v) is 2.54. The minimum Gasteiger partial charge on any atom is -0.497 e. The van der Waals surface area contributed by atoms with E-state index in [2.05, 4.69) is 10.3 Å². The zero-order chi connectivity index (χ0) is 17.1. The van der Waals surface area contributed by atoms with Crippen LogP contribution in [0.2, 0.25) is 0 Å². The van der Waals surface area contributed by atoms with E-state index in [0.717, 1.165) is 0 Å². The zero-order valence-corrected chi connectivity index (χ0v) is 13.3. The molecule has 24 heavy (non-hydrogen) atoms. The van der Waals surface area contributed by atoms with Gasteiger partial charge >= 0.3 is 0 Å². The Balaban J connectivity index is 2.03. The molecular weight excluding hydrogens is 312 g/mol. The number of hydrogen-bond donors (Lipinski definition) is 1. The molecule has 1 heterocycles. The van der Waals surface area contributed by atoms with Crippen LogP contribution in [0.4, 0.5) is 14.5 Å². The number of hydrogen-bond acceptors (Lipinski definition) is 3. The maximum absolute atomic E-state index is 14.3. The van der Waals surface area contributed by atoms with Crippen LogP contribution in [0.1, 0.15) is 17.4 Å². The number of nitrogens with one attached hydrogen (secondary N) is 1. The largest absolute Gasteiger partial charge is 0.497 e. The van der Waals surface area contributed by atoms with Crippen LogP contribution in [0.5, 0.6) is 5.75 Å². The second kappa shape index (κ2) is 6.70. The Hall–Kier alpha value is -2.89. The molecule has 124 valence electrons. The van der Waals surface area contributed by atoms with E-state index < -0.39 is 11.9 Å². The number of ether oxygens (including phenoxy) is 1. The first-order valence-corrected chi connectivity index (χ1v) is 7.42. The van der Waals surface area contributed by atoms with Gasteiger partial charge in [0, 0.05) is 31.1 Å². The van der Waals surface area contributed by atoms with Crippen molar-refractivity contribution < 1.29 is 13.5 Å². The molecule has 4 nitrogen and oxygen atoms in total. The van der Waals surface area contributed by atoms with Crippen molar-refractivity contribution in [3.8, 4) is 5.75 Å². The molecule has 0 spiro atoms. The molecule has 0 bridgehead atoms. The Morgan fingerprint density at radius 1 is 1.12 bits per heavy atom. The molecular formula is C18H17F2N3O. The lowest BCUT2D eigenvalue weighted by Crippen LogP contribution is -2.18. The minimum atomic E-state index is -0.630. The first kappa shape index (κ1) is 16.0. The molecule has 0 fully saturated rings. The molecule has 1 aromatic heterocycles. The highest BCUT2D eigenvalue weighted by molar-refractivity contribution is 5.51. The van der Waals surface area contributed by atoms with Crippen LogP contribution in [-0.4, -0.2) is 16.7 Å². The van der Waals surface area contributed by atoms with E-state index in [0.29, 0.717) is 17.1 Å². The van der Waals surface area contributed by atoms with Gasteiger partial charge in [-0.15, -0.1) is 0 Å². The minimum absolute atomic E-state index is 0.243. The molecule has 0 saturated carbocycles. The maximum atomic E-state index is 14.3. The number of rotatable bonds is 5. The summed E-state index contributed by atoms with van der Waals surface area (Å²) in [6, 6.07) is 10.2. The number of halogens is 2. The van der Waals surface area contributed by atoms with Crippen LogP contribution in [-0.2, 0) is 7.05 Å². The van der Waals surface area contributed by atoms with Crippen molar-refractivity contribution in [2.45, 2.75) is 6.04 Å². The van der Waals surface area contributed by atoms with Crippen LogP contribution in [0, 0.1) is 11.6 Å². The lowest BCUT2D eigenvalue weighted by atomic mass is 10.0. The molecule has 0 radical (unpaired) electrons. The average molecular weight is 329 g/mol. The van der Waals surface area contributed by atoms with Crippen molar-refractivity contribution in [3.63, 3.8) is 0 Å². The van der Waals surface area contributed by atoms with Gasteiger partial charge < -0.3 is 14.6 Å². The van der Waals surface area contributed by atoms with E-state index >= 15 is 0 Å². The lowest BCUT2D eigenvalue weighted by Gasteiger charge is -2.21. The Kier molecular flexibility index (Phi) is 4.46. The van der Waals surface area contributed by atoms with E-state index in [9.17, 15) is 8.78 Å². The molecule has 3 rings (SSSR count). The van der Waals surface area contributed by atoms with Gasteiger partial charge in [-0.2, -0.15) is 0 Å². The zero-order valence-electron chi connectivity index (χ0n) is 13.3. The smallest absolute Gasteiger partial charge is 0.149 e. The van der Waals surface area contributed by atoms with Crippen molar-refractivity contribution in [2.24, 2.45) is 7.05 Å². The predicted molar refractivity (Wildman–Crippen MR) is 88.0 cm³/mol. The van der Waals surface area contributed by atoms with Gasteiger partial charge in [0.25, 0.3) is 0 Å². The van der Waals surface area contributed by atoms with Crippen molar-refractivity contribution >= 4 is 5.69 Å². The Bertz CT molecular complexity index is 848. The molecule has 0 aliphatic carbocycles. The summed E-state index contributed by atoms with van der Waals surface area (Å²) in [6.07, 6.45) is 3.38. The van der Waals surface area contributed by atoms with Crippen molar-refractivity contribution in [1.29, 1.82) is 0 Å². The molecule has 2 aromatic carbocycles. The SMILES string of the molecule is COc1ccc(NC(c2ccccc2F)c2nccn2C)c(F)c1. The van der Waals surface area contributed by atoms with Gasteiger partial charge in [-0.1, -0.05) is 18.2 Å². The second-order valence-corrected chi connectivity index (χ2v) is 5.34. The van der Waals surface area contributed by atoms with Gasteiger partial charge in [-0.25, -0.2) is 13.8 Å². The number of nitrogens with zero attached hydrogens (tertiary/aromatic N) is 2. The third kappa shape index (κ3) is 3.08. The normalized spacial score (nSPS) is 12.0. The van der Waals surface area contributed by atoms with E-state index in [1.165, 1.54) is 19.2 Å². The summed E-state index contributed by atoms with van der Waals surface area (Å²) >= 11 is 0. The third-order valence-electron chi connectivity index (χ3n) is 3.81. The lowest BCUT2D eigenvalue weighted by molar-refractivity contribution is 0.411. The van der Waals surface area contributed by atoms with E-state index in [1.54, 1.807) is 47.3 Å². The fraction of sp³-hybridized carbons (Fsp3) is 0.167. The Labute approximate surface area is 138 Å². The monoisotopic (exact) mass is 329 g/mol. The Morgan fingerprint density at radius 2 is 1.92 bits per heavy atom. The quantitative estimate of drug-likeness (QED) is 0.771. The van der Waals surface area contributed by atoms with Crippen molar-refractivity contribution in [3.05, 3.63) is 77.9 Å². The van der Waals surface area contributed by atoms with E-state index in [-0.39, 0.29) is 11.5 Å². The molecule has 0 aliphatic heterocycles. The molecule has 3 aromatic rings.